The van der Waals surface area contributed by atoms with Gasteiger partial charge in [-0.05, 0) is 30.0 Å². The van der Waals surface area contributed by atoms with Crippen LogP contribution in [0.5, 0.6) is 5.75 Å². The van der Waals surface area contributed by atoms with Crippen LogP contribution in [0.4, 0.5) is 0 Å². The number of rotatable bonds is 8. The van der Waals surface area contributed by atoms with Crippen LogP contribution >= 0.6 is 34.5 Å². The Bertz CT molecular complexity index is 1000. The van der Waals surface area contributed by atoms with Crippen LogP contribution in [0.3, 0.4) is 0 Å². The van der Waals surface area contributed by atoms with E-state index in [2.05, 4.69) is 15.0 Å². The van der Waals surface area contributed by atoms with Gasteiger partial charge in [-0.3, -0.25) is 9.69 Å². The molecule has 0 atom stereocenters. The van der Waals surface area contributed by atoms with E-state index < -0.39 is 0 Å². The summed E-state index contributed by atoms with van der Waals surface area (Å²) in [5, 5.41) is 6.89. The molecule has 1 aromatic carbocycles. The third-order valence-electron chi connectivity index (χ3n) is 5.00. The average molecular weight is 481 g/mol. The number of carbonyl (C=O) groups excluding carboxylic acids is 1. The molecule has 1 saturated heterocycles. The average Bonchev–Trinajstić information content (AvgIpc) is 3.46. The van der Waals surface area contributed by atoms with E-state index in [4.69, 9.17) is 32.5 Å². The Kier molecular flexibility index (Phi) is 7.45. The van der Waals surface area contributed by atoms with E-state index in [0.29, 0.717) is 66.6 Å². The van der Waals surface area contributed by atoms with Crippen molar-refractivity contribution in [3.8, 4) is 16.5 Å². The summed E-state index contributed by atoms with van der Waals surface area (Å²) in [6, 6.07) is 9.19. The highest BCUT2D eigenvalue weighted by Gasteiger charge is 2.22. The molecule has 0 aliphatic carbocycles. The fourth-order valence-electron chi connectivity index (χ4n) is 3.33. The van der Waals surface area contributed by atoms with Crippen molar-refractivity contribution in [2.45, 2.75) is 19.4 Å². The molecule has 1 aliphatic rings. The Morgan fingerprint density at radius 3 is 2.77 bits per heavy atom. The van der Waals surface area contributed by atoms with Crippen molar-refractivity contribution < 1.29 is 14.1 Å². The van der Waals surface area contributed by atoms with Gasteiger partial charge in [0.25, 0.3) is 0 Å². The molecule has 1 amide bonds. The number of nitrogens with zero attached hydrogens (tertiary/aromatic N) is 4. The minimum Gasteiger partial charge on any atom is -0.492 e. The van der Waals surface area contributed by atoms with Gasteiger partial charge in [-0.25, -0.2) is 0 Å². The molecule has 7 nitrogen and oxygen atoms in total. The Hall–Kier alpha value is -2.13. The molecule has 0 spiro atoms. The van der Waals surface area contributed by atoms with Gasteiger partial charge in [0.1, 0.15) is 10.8 Å². The molecule has 0 bridgehead atoms. The van der Waals surface area contributed by atoms with E-state index in [1.54, 1.807) is 29.5 Å². The van der Waals surface area contributed by atoms with Gasteiger partial charge in [-0.2, -0.15) is 4.98 Å². The van der Waals surface area contributed by atoms with Crippen LogP contribution in [0.15, 0.2) is 40.2 Å². The lowest BCUT2D eigenvalue weighted by Crippen LogP contribution is -2.48. The number of hydrogen-bond acceptors (Lipinski definition) is 7. The Morgan fingerprint density at radius 2 is 2.00 bits per heavy atom. The number of piperazine rings is 1. The molecule has 1 aliphatic heterocycles. The minimum absolute atomic E-state index is 0.137. The number of carbonyl (C=O) groups is 1. The smallest absolute Gasteiger partial charge is 0.241 e. The van der Waals surface area contributed by atoms with Crippen molar-refractivity contribution in [2.24, 2.45) is 0 Å². The van der Waals surface area contributed by atoms with Gasteiger partial charge >= 0.3 is 0 Å². The number of aromatic nitrogens is 2. The van der Waals surface area contributed by atoms with Crippen molar-refractivity contribution in [2.75, 3.05) is 32.8 Å². The van der Waals surface area contributed by atoms with Crippen molar-refractivity contribution in [3.05, 3.63) is 51.6 Å². The van der Waals surface area contributed by atoms with Gasteiger partial charge in [0.15, 0.2) is 0 Å². The number of halogens is 2. The van der Waals surface area contributed by atoms with E-state index in [-0.39, 0.29) is 5.91 Å². The maximum atomic E-state index is 12.5. The van der Waals surface area contributed by atoms with Crippen LogP contribution in [0, 0.1) is 0 Å². The predicted molar refractivity (Wildman–Crippen MR) is 121 cm³/mol. The fraction of sp³-hybridized carbons (Fsp3) is 0.381. The molecule has 0 N–H and O–H groups in total. The molecular weight excluding hydrogens is 459 g/mol. The summed E-state index contributed by atoms with van der Waals surface area (Å²) in [6.07, 6.45) is 1.06. The first-order chi connectivity index (χ1) is 15.1. The Balaban J connectivity index is 1.16. The normalized spacial score (nSPS) is 14.7. The van der Waals surface area contributed by atoms with E-state index in [9.17, 15) is 4.79 Å². The summed E-state index contributed by atoms with van der Waals surface area (Å²) in [5.74, 6) is 1.90. The summed E-state index contributed by atoms with van der Waals surface area (Å²) in [6.45, 7) is 3.93. The minimum atomic E-state index is 0.137. The molecular formula is C21H22Cl2N4O3S. The van der Waals surface area contributed by atoms with Crippen molar-refractivity contribution in [3.63, 3.8) is 0 Å². The fourth-order valence-corrected chi connectivity index (χ4v) is 4.33. The summed E-state index contributed by atoms with van der Waals surface area (Å²) in [7, 11) is 0. The number of benzene rings is 1. The lowest BCUT2D eigenvalue weighted by atomic mass is 10.2. The molecule has 0 radical (unpaired) electrons. The van der Waals surface area contributed by atoms with Gasteiger partial charge in [-0.15, -0.1) is 11.3 Å². The summed E-state index contributed by atoms with van der Waals surface area (Å²) in [4.78, 5) is 22.1. The highest BCUT2D eigenvalue weighted by atomic mass is 35.5. The highest BCUT2D eigenvalue weighted by Crippen LogP contribution is 2.31. The van der Waals surface area contributed by atoms with E-state index in [1.807, 2.05) is 22.4 Å². The summed E-state index contributed by atoms with van der Waals surface area (Å²) >= 11 is 13.7. The molecule has 3 heterocycles. The molecule has 10 heteroatoms. The van der Waals surface area contributed by atoms with Gasteiger partial charge in [-0.1, -0.05) is 40.5 Å². The first-order valence-electron chi connectivity index (χ1n) is 10.0. The third-order valence-corrected chi connectivity index (χ3v) is 6.67. The number of hydrogen-bond donors (Lipinski definition) is 0. The maximum absolute atomic E-state index is 12.5. The second-order valence-electron chi connectivity index (χ2n) is 7.15. The summed E-state index contributed by atoms with van der Waals surface area (Å²) in [5.41, 5.74) is 0. The van der Waals surface area contributed by atoms with E-state index in [1.165, 1.54) is 0 Å². The molecule has 0 unspecified atom stereocenters. The van der Waals surface area contributed by atoms with Gasteiger partial charge in [0.2, 0.25) is 17.6 Å². The van der Waals surface area contributed by atoms with Gasteiger partial charge in [0, 0.05) is 32.6 Å². The topological polar surface area (TPSA) is 71.7 Å². The SMILES string of the molecule is O=C(CCCOc1cccc(Cl)c1Cl)N1CCN(Cc2nc(-c3cccs3)no2)CC1. The zero-order chi connectivity index (χ0) is 21.6. The largest absolute Gasteiger partial charge is 0.492 e. The second-order valence-corrected chi connectivity index (χ2v) is 8.88. The van der Waals surface area contributed by atoms with Crippen molar-refractivity contribution >= 4 is 40.4 Å². The van der Waals surface area contributed by atoms with Crippen LogP contribution in [-0.2, 0) is 11.3 Å². The molecule has 1 fully saturated rings. The van der Waals surface area contributed by atoms with Crippen LogP contribution in [0.1, 0.15) is 18.7 Å². The number of amides is 1. The van der Waals surface area contributed by atoms with Crippen LogP contribution in [-0.4, -0.2) is 58.6 Å². The number of ether oxygens (including phenoxy) is 1. The van der Waals surface area contributed by atoms with Crippen LogP contribution in [0.25, 0.3) is 10.7 Å². The number of thiophene rings is 1. The molecule has 0 saturated carbocycles. The lowest BCUT2D eigenvalue weighted by Gasteiger charge is -2.34. The van der Waals surface area contributed by atoms with E-state index >= 15 is 0 Å². The Morgan fingerprint density at radius 1 is 1.16 bits per heavy atom. The van der Waals surface area contributed by atoms with Crippen molar-refractivity contribution in [1.82, 2.24) is 19.9 Å². The third kappa shape index (κ3) is 5.77. The molecule has 2 aromatic heterocycles. The monoisotopic (exact) mass is 480 g/mol. The highest BCUT2D eigenvalue weighted by molar-refractivity contribution is 7.13. The van der Waals surface area contributed by atoms with Crippen LogP contribution < -0.4 is 4.74 Å². The predicted octanol–water partition coefficient (Wildman–Crippen LogP) is 4.61. The Labute approximate surface area is 194 Å². The van der Waals surface area contributed by atoms with Crippen LogP contribution in [0.2, 0.25) is 10.0 Å². The molecule has 4 rings (SSSR count). The van der Waals surface area contributed by atoms with Crippen molar-refractivity contribution in [1.29, 1.82) is 0 Å². The second kappa shape index (κ2) is 10.5. The first-order valence-corrected chi connectivity index (χ1v) is 11.7. The summed E-state index contributed by atoms with van der Waals surface area (Å²) < 4.78 is 11.0. The first kappa shape index (κ1) is 22.1. The van der Waals surface area contributed by atoms with Gasteiger partial charge < -0.3 is 14.2 Å². The standard InChI is InChI=1S/C21H22Cl2N4O3S/c22-15-4-1-5-16(20(15)23)29-12-2-7-19(28)27-10-8-26(9-11-27)14-18-24-21(25-30-18)17-6-3-13-31-17/h1,3-6,13H,2,7-12,14H2. The zero-order valence-corrected chi connectivity index (χ0v) is 19.1. The van der Waals surface area contributed by atoms with Gasteiger partial charge in [0.05, 0.1) is 23.1 Å². The molecule has 3 aromatic rings. The molecule has 31 heavy (non-hydrogen) atoms. The van der Waals surface area contributed by atoms with E-state index in [0.717, 1.165) is 18.0 Å². The molecule has 164 valence electrons. The quantitative estimate of drug-likeness (QED) is 0.438. The zero-order valence-electron chi connectivity index (χ0n) is 16.8. The lowest BCUT2D eigenvalue weighted by molar-refractivity contribution is -0.133. The maximum Gasteiger partial charge on any atom is 0.241 e.